The van der Waals surface area contributed by atoms with E-state index in [2.05, 4.69) is 212 Å². The van der Waals surface area contributed by atoms with Gasteiger partial charge in [-0.05, 0) is 74.2 Å². The molecule has 284 valence electrons. The summed E-state index contributed by atoms with van der Waals surface area (Å²) in [7, 11) is 0. The third-order valence-electron chi connectivity index (χ3n) is 12.6. The highest BCUT2D eigenvalue weighted by Crippen LogP contribution is 2.57. The molecule has 0 saturated heterocycles. The summed E-state index contributed by atoms with van der Waals surface area (Å²) in [6, 6.07) is 80.4. The lowest BCUT2D eigenvalue weighted by molar-refractivity contribution is 0.769. The fraction of sp³-hybridized carbons (Fsp3) is 0.0172. The van der Waals surface area contributed by atoms with Crippen LogP contribution in [0.15, 0.2) is 224 Å². The van der Waals surface area contributed by atoms with Crippen LogP contribution < -0.4 is 0 Å². The summed E-state index contributed by atoms with van der Waals surface area (Å²) in [5.41, 5.74) is 16.2. The SMILES string of the molecule is c1ccc(-c2ccc(-c3nc(-c4ccc(-c5nc6ccccc6c6cc7c(cc56)C(c5ccccc5)(c5ccccc5)c5ccccc5-7)cc4)nc4ccccc34)cc2)cc1. The van der Waals surface area contributed by atoms with Crippen molar-refractivity contribution in [2.75, 3.05) is 0 Å². The minimum absolute atomic E-state index is 0.512. The molecule has 0 aliphatic heterocycles. The average Bonchev–Trinajstić information content (AvgIpc) is 3.63. The molecule has 0 amide bonds. The molecule has 0 spiro atoms. The number of benzene rings is 9. The summed E-state index contributed by atoms with van der Waals surface area (Å²) < 4.78 is 0. The minimum Gasteiger partial charge on any atom is -0.247 e. The van der Waals surface area contributed by atoms with E-state index in [9.17, 15) is 0 Å². The van der Waals surface area contributed by atoms with Gasteiger partial charge in [-0.25, -0.2) is 15.0 Å². The van der Waals surface area contributed by atoms with E-state index in [4.69, 9.17) is 15.0 Å². The monoisotopic (exact) mass is 775 g/mol. The van der Waals surface area contributed by atoms with E-state index in [1.54, 1.807) is 0 Å². The van der Waals surface area contributed by atoms with E-state index in [0.29, 0.717) is 5.82 Å². The fourth-order valence-corrected chi connectivity index (χ4v) is 9.76. The molecule has 12 rings (SSSR count). The molecule has 0 bridgehead atoms. The van der Waals surface area contributed by atoms with Crippen LogP contribution in [0.1, 0.15) is 22.3 Å². The van der Waals surface area contributed by atoms with Gasteiger partial charge in [0.05, 0.1) is 27.8 Å². The lowest BCUT2D eigenvalue weighted by atomic mass is 9.67. The maximum absolute atomic E-state index is 5.44. The van der Waals surface area contributed by atoms with Crippen molar-refractivity contribution in [3.8, 4) is 56.2 Å². The Morgan fingerprint density at radius 1 is 0.279 bits per heavy atom. The van der Waals surface area contributed by atoms with Crippen molar-refractivity contribution in [2.45, 2.75) is 5.41 Å². The second-order valence-corrected chi connectivity index (χ2v) is 15.9. The van der Waals surface area contributed by atoms with Crippen LogP contribution in [0.2, 0.25) is 0 Å². The van der Waals surface area contributed by atoms with Crippen molar-refractivity contribution >= 4 is 32.6 Å². The number of hydrogen-bond donors (Lipinski definition) is 0. The van der Waals surface area contributed by atoms with Gasteiger partial charge in [0.1, 0.15) is 0 Å². The number of aromatic nitrogens is 3. The molecule has 9 aromatic carbocycles. The van der Waals surface area contributed by atoms with Crippen LogP contribution in [0.5, 0.6) is 0 Å². The van der Waals surface area contributed by atoms with E-state index in [0.717, 1.165) is 55.3 Å². The number of para-hydroxylation sites is 2. The van der Waals surface area contributed by atoms with E-state index < -0.39 is 5.41 Å². The highest BCUT2D eigenvalue weighted by Gasteiger charge is 2.46. The van der Waals surface area contributed by atoms with Gasteiger partial charge in [0.25, 0.3) is 0 Å². The van der Waals surface area contributed by atoms with Crippen LogP contribution in [0.3, 0.4) is 0 Å². The second-order valence-electron chi connectivity index (χ2n) is 15.9. The van der Waals surface area contributed by atoms with Gasteiger partial charge >= 0.3 is 0 Å². The summed E-state index contributed by atoms with van der Waals surface area (Å²) >= 11 is 0. The van der Waals surface area contributed by atoms with E-state index in [-0.39, 0.29) is 0 Å². The quantitative estimate of drug-likeness (QED) is 0.158. The molecule has 61 heavy (non-hydrogen) atoms. The molecule has 2 aromatic heterocycles. The van der Waals surface area contributed by atoms with Crippen LogP contribution in [-0.2, 0) is 5.41 Å². The lowest BCUT2D eigenvalue weighted by Gasteiger charge is -2.34. The topological polar surface area (TPSA) is 38.7 Å². The molecule has 3 heteroatoms. The van der Waals surface area contributed by atoms with Gasteiger partial charge in [0, 0.05) is 32.8 Å². The van der Waals surface area contributed by atoms with Gasteiger partial charge in [0.15, 0.2) is 5.82 Å². The number of rotatable bonds is 6. The molecule has 0 radical (unpaired) electrons. The second kappa shape index (κ2) is 14.1. The fourth-order valence-electron chi connectivity index (χ4n) is 9.76. The molecule has 0 saturated carbocycles. The highest BCUT2D eigenvalue weighted by atomic mass is 14.9. The molecule has 0 unspecified atom stereocenters. The lowest BCUT2D eigenvalue weighted by Crippen LogP contribution is -2.28. The van der Waals surface area contributed by atoms with E-state index in [1.165, 1.54) is 49.9 Å². The van der Waals surface area contributed by atoms with Gasteiger partial charge in [-0.15, -0.1) is 0 Å². The van der Waals surface area contributed by atoms with Crippen molar-refractivity contribution in [3.05, 3.63) is 247 Å². The first-order valence-corrected chi connectivity index (χ1v) is 20.9. The number of fused-ring (bicyclic) bond motifs is 7. The zero-order valence-corrected chi connectivity index (χ0v) is 33.2. The molecule has 0 N–H and O–H groups in total. The highest BCUT2D eigenvalue weighted by molar-refractivity contribution is 6.13. The number of pyridine rings is 1. The third kappa shape index (κ3) is 5.55. The van der Waals surface area contributed by atoms with Gasteiger partial charge in [-0.2, -0.15) is 0 Å². The summed E-state index contributed by atoms with van der Waals surface area (Å²) in [6.45, 7) is 0. The maximum atomic E-state index is 5.44. The Morgan fingerprint density at radius 3 is 1.44 bits per heavy atom. The molecule has 11 aromatic rings. The smallest absolute Gasteiger partial charge is 0.160 e. The van der Waals surface area contributed by atoms with Crippen LogP contribution in [0.4, 0.5) is 0 Å². The van der Waals surface area contributed by atoms with Crippen molar-refractivity contribution in [1.82, 2.24) is 15.0 Å². The van der Waals surface area contributed by atoms with E-state index >= 15 is 0 Å². The number of hydrogen-bond acceptors (Lipinski definition) is 3. The van der Waals surface area contributed by atoms with Gasteiger partial charge in [-0.3, -0.25) is 0 Å². The molecular weight excluding hydrogens is 739 g/mol. The largest absolute Gasteiger partial charge is 0.247 e. The molecule has 0 fully saturated rings. The first-order chi connectivity index (χ1) is 30.2. The van der Waals surface area contributed by atoms with Gasteiger partial charge in [0.2, 0.25) is 0 Å². The van der Waals surface area contributed by atoms with Crippen molar-refractivity contribution in [1.29, 1.82) is 0 Å². The van der Waals surface area contributed by atoms with Crippen LogP contribution in [0.25, 0.3) is 88.7 Å². The normalized spacial score (nSPS) is 12.7. The van der Waals surface area contributed by atoms with Crippen molar-refractivity contribution < 1.29 is 0 Å². The minimum atomic E-state index is -0.512. The Morgan fingerprint density at radius 2 is 0.770 bits per heavy atom. The third-order valence-corrected chi connectivity index (χ3v) is 12.6. The van der Waals surface area contributed by atoms with Crippen LogP contribution in [-0.4, -0.2) is 15.0 Å². The van der Waals surface area contributed by atoms with Crippen LogP contribution >= 0.6 is 0 Å². The van der Waals surface area contributed by atoms with E-state index in [1.807, 2.05) is 12.1 Å². The Kier molecular flexibility index (Phi) is 8.07. The molecule has 2 heterocycles. The summed E-state index contributed by atoms with van der Waals surface area (Å²) in [4.78, 5) is 15.8. The first kappa shape index (κ1) is 35.0. The molecule has 1 aliphatic carbocycles. The Bertz CT molecular complexity index is 3390. The van der Waals surface area contributed by atoms with Crippen LogP contribution in [0, 0.1) is 0 Å². The molecule has 1 aliphatic rings. The van der Waals surface area contributed by atoms with Crippen molar-refractivity contribution in [2.24, 2.45) is 0 Å². The standard InChI is InChI=1S/C58H37N3/c1-4-16-38(17-5-1)39-28-30-40(31-29-39)55-47-24-12-15-27-54(47)60-57(61-55)42-34-32-41(33-35-42)56-50-37-52-49(36-48(50)46-23-11-14-26-53(46)59-56)45-22-10-13-25-51(45)58(52,43-18-6-2-7-19-43)44-20-8-3-9-21-44/h1-37H. The first-order valence-electron chi connectivity index (χ1n) is 20.9. The zero-order chi connectivity index (χ0) is 40.3. The number of nitrogens with zero attached hydrogens (tertiary/aromatic N) is 3. The average molecular weight is 776 g/mol. The molecule has 0 atom stereocenters. The Labute approximate surface area is 354 Å². The van der Waals surface area contributed by atoms with Crippen molar-refractivity contribution in [3.63, 3.8) is 0 Å². The maximum Gasteiger partial charge on any atom is 0.160 e. The Hall–Kier alpha value is -8.01. The predicted molar refractivity (Wildman–Crippen MR) is 251 cm³/mol. The molecule has 3 nitrogen and oxygen atoms in total. The van der Waals surface area contributed by atoms with Gasteiger partial charge in [-0.1, -0.05) is 200 Å². The summed E-state index contributed by atoms with van der Waals surface area (Å²) in [5, 5.41) is 4.48. The molecular formula is C58H37N3. The Balaban J connectivity index is 1.03. The summed E-state index contributed by atoms with van der Waals surface area (Å²) in [6.07, 6.45) is 0. The van der Waals surface area contributed by atoms with Gasteiger partial charge < -0.3 is 0 Å². The zero-order valence-electron chi connectivity index (χ0n) is 33.2. The summed E-state index contributed by atoms with van der Waals surface area (Å²) in [5.74, 6) is 0.690. The predicted octanol–water partition coefficient (Wildman–Crippen LogP) is 14.4.